The number of hydrogen-bond donors (Lipinski definition) is 0. The minimum Gasteiger partial charge on any atom is -0.306 e. The van der Waals surface area contributed by atoms with Crippen LogP contribution in [0.5, 0.6) is 0 Å². The molecule has 0 spiro atoms. The second kappa shape index (κ2) is 45.2. The summed E-state index contributed by atoms with van der Waals surface area (Å²) in [4.78, 5) is 37.5. The van der Waals surface area contributed by atoms with E-state index in [0.29, 0.717) is 36.1 Å². The highest BCUT2D eigenvalue weighted by molar-refractivity contribution is 9.11. The van der Waals surface area contributed by atoms with Crippen molar-refractivity contribution in [2.75, 3.05) is 13.1 Å². The maximum Gasteiger partial charge on any atom is 0.261 e. The maximum atomic E-state index is 15.6. The quantitative estimate of drug-likeness (QED) is 0.0620. The molecule has 78 heavy (non-hydrogen) atoms. The third-order valence-corrected chi connectivity index (χ3v) is 20.8. The van der Waals surface area contributed by atoms with Crippen molar-refractivity contribution >= 4 is 77.7 Å². The lowest BCUT2D eigenvalue weighted by molar-refractivity contribution is -0.124. The number of carbonyl (C=O) groups excluding carboxylic acids is 2. The van der Waals surface area contributed by atoms with Crippen LogP contribution in [0.3, 0.4) is 0 Å². The van der Waals surface area contributed by atoms with Crippen LogP contribution in [0.4, 0.5) is 0 Å². The van der Waals surface area contributed by atoms with Gasteiger partial charge in [0.2, 0.25) is 0 Å². The average Bonchev–Trinajstić information content (AvgIpc) is 4.24. The molecular formula is C70H118Br2N2O2S2. The minimum absolute atomic E-state index is 0.0508. The van der Waals surface area contributed by atoms with Gasteiger partial charge in [0.05, 0.1) is 39.9 Å². The molecule has 0 aliphatic carbocycles. The smallest absolute Gasteiger partial charge is 0.261 e. The number of carbonyl (C=O) groups is 2. The van der Waals surface area contributed by atoms with E-state index >= 15 is 9.59 Å². The molecule has 8 heteroatoms. The largest absolute Gasteiger partial charge is 0.306 e. The first-order valence-corrected chi connectivity index (χ1v) is 37.2. The highest BCUT2D eigenvalue weighted by Crippen LogP contribution is 2.50. The fourth-order valence-electron chi connectivity index (χ4n) is 12.7. The molecule has 4 nitrogen and oxygen atoms in total. The van der Waals surface area contributed by atoms with Crippen LogP contribution in [-0.4, -0.2) is 34.7 Å². The number of unbranched alkanes of at least 4 members (excludes halogenated alkanes) is 40. The van der Waals surface area contributed by atoms with Gasteiger partial charge >= 0.3 is 0 Å². The van der Waals surface area contributed by atoms with E-state index in [9.17, 15) is 0 Å². The van der Waals surface area contributed by atoms with Crippen LogP contribution in [0.2, 0.25) is 0 Å². The number of hydrogen-bond acceptors (Lipinski definition) is 4. The maximum absolute atomic E-state index is 15.6. The molecule has 4 heterocycles. The van der Waals surface area contributed by atoms with Crippen molar-refractivity contribution in [3.8, 4) is 0 Å². The molecule has 0 N–H and O–H groups in total. The molecule has 2 aliphatic heterocycles. The molecule has 0 bridgehead atoms. The second-order valence-corrected chi connectivity index (χ2v) is 29.4. The highest BCUT2D eigenvalue weighted by Gasteiger charge is 2.50. The van der Waals surface area contributed by atoms with Crippen molar-refractivity contribution in [3.05, 3.63) is 52.7 Å². The lowest BCUT2D eigenvalue weighted by atomic mass is 9.93. The molecule has 2 aromatic rings. The molecule has 2 amide bonds. The SMILES string of the molecule is CCCCCCCCCCCCCCC(CCCCCCCCCCCC)CN1C(=O)C2=C(c3ccc(Br)s3)N(CC(CCCCCCCCCCCC)CCCCCCCCCCCCCC)C(=O)C2=C1c1ccc(Br)s1. The minimum atomic E-state index is 0.0508. The molecule has 2 aliphatic rings. The Labute approximate surface area is 507 Å². The third-order valence-electron chi connectivity index (χ3n) is 17.5. The first kappa shape index (κ1) is 69.3. The van der Waals surface area contributed by atoms with Crippen LogP contribution in [0.15, 0.2) is 43.0 Å². The Morgan fingerprint density at radius 3 is 0.718 bits per heavy atom. The van der Waals surface area contributed by atoms with Gasteiger partial charge in [-0.2, -0.15) is 0 Å². The summed E-state index contributed by atoms with van der Waals surface area (Å²) in [5.74, 6) is 0.928. The van der Waals surface area contributed by atoms with Crippen LogP contribution in [0.1, 0.15) is 346 Å². The Morgan fingerprint density at radius 1 is 0.321 bits per heavy atom. The lowest BCUT2D eigenvalue weighted by Gasteiger charge is -2.29. The number of nitrogens with zero attached hydrogens (tertiary/aromatic N) is 2. The monoisotopic (exact) mass is 1240 g/mol. The summed E-state index contributed by atoms with van der Waals surface area (Å²) in [5, 5.41) is 0. The van der Waals surface area contributed by atoms with Crippen molar-refractivity contribution in [1.29, 1.82) is 0 Å². The second-order valence-electron chi connectivity index (χ2n) is 24.5. The highest BCUT2D eigenvalue weighted by atomic mass is 79.9. The van der Waals surface area contributed by atoms with Crippen molar-refractivity contribution in [2.24, 2.45) is 11.8 Å². The van der Waals surface area contributed by atoms with Gasteiger partial charge in [0.15, 0.2) is 0 Å². The molecule has 0 fully saturated rings. The molecule has 2 aromatic heterocycles. The number of thiophene rings is 2. The van der Waals surface area contributed by atoms with E-state index in [0.717, 1.165) is 54.4 Å². The fourth-order valence-corrected chi connectivity index (χ4v) is 15.6. The number of fused-ring (bicyclic) bond motifs is 1. The predicted molar refractivity (Wildman–Crippen MR) is 353 cm³/mol. The van der Waals surface area contributed by atoms with E-state index in [1.165, 1.54) is 283 Å². The van der Waals surface area contributed by atoms with Gasteiger partial charge in [0.1, 0.15) is 0 Å². The van der Waals surface area contributed by atoms with E-state index in [2.05, 4.69) is 93.6 Å². The van der Waals surface area contributed by atoms with Crippen LogP contribution in [-0.2, 0) is 9.59 Å². The summed E-state index contributed by atoms with van der Waals surface area (Å²) >= 11 is 11.0. The summed E-state index contributed by atoms with van der Waals surface area (Å²) < 4.78 is 2.08. The van der Waals surface area contributed by atoms with E-state index in [4.69, 9.17) is 0 Å². The van der Waals surface area contributed by atoms with Gasteiger partial charge in [-0.15, -0.1) is 22.7 Å². The Kier molecular flexibility index (Phi) is 40.2. The molecule has 0 saturated heterocycles. The zero-order valence-corrected chi connectivity index (χ0v) is 55.9. The Morgan fingerprint density at radius 2 is 0.526 bits per heavy atom. The summed E-state index contributed by atoms with van der Waals surface area (Å²) in [7, 11) is 0. The van der Waals surface area contributed by atoms with E-state index in [1.807, 2.05) is 0 Å². The Balaban J connectivity index is 1.51. The van der Waals surface area contributed by atoms with Crippen molar-refractivity contribution in [1.82, 2.24) is 9.80 Å². The first-order valence-electron chi connectivity index (χ1n) is 34.0. The molecule has 4 rings (SSSR count). The van der Waals surface area contributed by atoms with Gasteiger partial charge < -0.3 is 9.80 Å². The topological polar surface area (TPSA) is 40.6 Å². The van der Waals surface area contributed by atoms with Crippen LogP contribution in [0, 0.1) is 11.8 Å². The molecule has 446 valence electrons. The van der Waals surface area contributed by atoms with Crippen LogP contribution in [0.25, 0.3) is 11.4 Å². The van der Waals surface area contributed by atoms with Gasteiger partial charge in [-0.05, 0) is 93.6 Å². The average molecular weight is 1240 g/mol. The van der Waals surface area contributed by atoms with E-state index in [-0.39, 0.29) is 11.8 Å². The van der Waals surface area contributed by atoms with Crippen molar-refractivity contribution in [2.45, 2.75) is 336 Å². The molecular weight excluding hydrogens is 1120 g/mol. The number of amides is 2. The Bertz CT molecular complexity index is 1760. The zero-order valence-electron chi connectivity index (χ0n) is 51.1. The summed E-state index contributed by atoms with van der Waals surface area (Å²) in [6.45, 7) is 10.6. The number of rotatable bonds is 54. The first-order chi connectivity index (χ1) is 38.3. The van der Waals surface area contributed by atoms with Crippen LogP contribution < -0.4 is 0 Å². The van der Waals surface area contributed by atoms with E-state index < -0.39 is 0 Å². The van der Waals surface area contributed by atoms with Gasteiger partial charge in [-0.1, -0.05) is 310 Å². The molecule has 0 saturated carbocycles. The molecule has 0 aromatic carbocycles. The Hall–Kier alpha value is -1.22. The third kappa shape index (κ3) is 27.9. The molecule has 2 atom stereocenters. The standard InChI is InChI=1S/C70H118Br2N2O2S2/c1-5-9-13-17-21-25-29-31-35-39-43-47-51-59(49-45-41-37-33-27-23-19-15-11-7-3)57-73-67(61-53-55-63(71)77-61)65-66(69(73)75)68(62-54-56-64(72)78-62)74(70(65)76)58-60(50-46-42-38-34-28-24-20-16-12-8-4)52-48-44-40-36-32-30-26-22-18-14-10-6-2/h53-56,59-60H,5-52,57-58H2,1-4H3. The van der Waals surface area contributed by atoms with Gasteiger partial charge in [-0.3, -0.25) is 9.59 Å². The van der Waals surface area contributed by atoms with Gasteiger partial charge in [0, 0.05) is 13.1 Å². The normalized spacial score (nSPS) is 14.6. The fraction of sp³-hybridized carbons (Fsp3) is 0.800. The lowest BCUT2D eigenvalue weighted by Crippen LogP contribution is -2.34. The van der Waals surface area contributed by atoms with Gasteiger partial charge in [-0.25, -0.2) is 0 Å². The van der Waals surface area contributed by atoms with E-state index in [1.54, 1.807) is 22.7 Å². The molecule has 0 radical (unpaired) electrons. The summed E-state index contributed by atoms with van der Waals surface area (Å²) in [5.41, 5.74) is 3.09. The van der Waals surface area contributed by atoms with Gasteiger partial charge in [0.25, 0.3) is 11.8 Å². The summed E-state index contributed by atoms with van der Waals surface area (Å²) in [6, 6.07) is 8.53. The number of halogens is 2. The zero-order chi connectivity index (χ0) is 55.7. The van der Waals surface area contributed by atoms with Crippen LogP contribution >= 0.6 is 54.5 Å². The van der Waals surface area contributed by atoms with Crippen molar-refractivity contribution < 1.29 is 9.59 Å². The summed E-state index contributed by atoms with van der Waals surface area (Å²) in [6.07, 6.45) is 63.8. The molecule has 2 unspecified atom stereocenters. The van der Waals surface area contributed by atoms with Crippen molar-refractivity contribution in [3.63, 3.8) is 0 Å². The predicted octanol–water partition coefficient (Wildman–Crippen LogP) is 25.2.